The molecule has 2 aliphatic rings. The summed E-state index contributed by atoms with van der Waals surface area (Å²) in [6.07, 6.45) is 1.86. The Balaban J connectivity index is 1.88. The first-order chi connectivity index (χ1) is 8.29. The number of carbonyl (C=O) groups excluding carboxylic acids is 1. The van der Waals surface area contributed by atoms with Gasteiger partial charge in [0.15, 0.2) is 11.5 Å². The molecule has 1 fully saturated rings. The fourth-order valence-corrected chi connectivity index (χ4v) is 2.43. The predicted molar refractivity (Wildman–Crippen MR) is 63.3 cm³/mol. The molecule has 4 heteroatoms. The Morgan fingerprint density at radius 2 is 2.18 bits per heavy atom. The van der Waals surface area contributed by atoms with Crippen molar-refractivity contribution in [3.05, 3.63) is 18.2 Å². The van der Waals surface area contributed by atoms with Crippen molar-refractivity contribution in [2.75, 3.05) is 18.2 Å². The minimum Gasteiger partial charge on any atom is -0.454 e. The zero-order valence-corrected chi connectivity index (χ0v) is 9.81. The summed E-state index contributed by atoms with van der Waals surface area (Å²) in [5, 5.41) is 0. The van der Waals surface area contributed by atoms with E-state index in [1.807, 2.05) is 23.1 Å². The zero-order chi connectivity index (χ0) is 11.8. The normalized spacial score (nSPS) is 22.3. The van der Waals surface area contributed by atoms with Gasteiger partial charge in [0.1, 0.15) is 0 Å². The maximum Gasteiger partial charge on any atom is 0.231 e. The first-order valence-electron chi connectivity index (χ1n) is 6.00. The Labute approximate surface area is 100 Å². The summed E-state index contributed by atoms with van der Waals surface area (Å²) in [5.41, 5.74) is 0.912. The van der Waals surface area contributed by atoms with Gasteiger partial charge in [-0.2, -0.15) is 0 Å². The molecule has 1 amide bonds. The minimum atomic E-state index is 0.181. The molecule has 0 aliphatic carbocycles. The van der Waals surface area contributed by atoms with E-state index in [1.165, 1.54) is 0 Å². The highest BCUT2D eigenvalue weighted by Gasteiger charge is 2.31. The molecule has 3 rings (SSSR count). The first-order valence-corrected chi connectivity index (χ1v) is 6.00. The Bertz CT molecular complexity index is 458. The summed E-state index contributed by atoms with van der Waals surface area (Å²) in [4.78, 5) is 13.9. The van der Waals surface area contributed by atoms with Crippen molar-refractivity contribution < 1.29 is 14.3 Å². The quantitative estimate of drug-likeness (QED) is 0.785. The average molecular weight is 233 g/mol. The number of anilines is 1. The molecule has 90 valence electrons. The van der Waals surface area contributed by atoms with Crippen molar-refractivity contribution >= 4 is 11.6 Å². The van der Waals surface area contributed by atoms with Gasteiger partial charge in [-0.3, -0.25) is 4.79 Å². The van der Waals surface area contributed by atoms with Crippen molar-refractivity contribution in [1.82, 2.24) is 0 Å². The molecule has 1 saturated heterocycles. The number of hydrogen-bond donors (Lipinski definition) is 0. The van der Waals surface area contributed by atoms with Crippen LogP contribution in [0.2, 0.25) is 0 Å². The van der Waals surface area contributed by atoms with Crippen molar-refractivity contribution in [2.45, 2.75) is 19.8 Å². The van der Waals surface area contributed by atoms with E-state index in [9.17, 15) is 4.79 Å². The molecule has 0 bridgehead atoms. The van der Waals surface area contributed by atoms with Crippen LogP contribution in [-0.4, -0.2) is 19.2 Å². The van der Waals surface area contributed by atoms with Gasteiger partial charge in [-0.15, -0.1) is 0 Å². The summed E-state index contributed by atoms with van der Waals surface area (Å²) in [6, 6.07) is 5.67. The predicted octanol–water partition coefficient (Wildman–Crippen LogP) is 2.18. The van der Waals surface area contributed by atoms with Gasteiger partial charge < -0.3 is 14.4 Å². The van der Waals surface area contributed by atoms with E-state index in [0.717, 1.165) is 36.6 Å². The lowest BCUT2D eigenvalue weighted by atomic mass is 10.1. The van der Waals surface area contributed by atoms with E-state index >= 15 is 0 Å². The highest BCUT2D eigenvalue weighted by Crippen LogP contribution is 2.37. The standard InChI is InChI=1S/C13H15NO3/c1-2-9-5-6-14(13(9)15)10-3-4-11-12(7-10)17-8-16-11/h3-4,7,9H,2,5-6,8H2,1H3. The van der Waals surface area contributed by atoms with Crippen LogP contribution in [0.3, 0.4) is 0 Å². The number of ether oxygens (including phenoxy) is 2. The molecule has 2 heterocycles. The molecular formula is C13H15NO3. The fraction of sp³-hybridized carbons (Fsp3) is 0.462. The summed E-state index contributed by atoms with van der Waals surface area (Å²) in [5.74, 6) is 1.90. The van der Waals surface area contributed by atoms with Gasteiger partial charge >= 0.3 is 0 Å². The summed E-state index contributed by atoms with van der Waals surface area (Å²) >= 11 is 0. The van der Waals surface area contributed by atoms with E-state index in [2.05, 4.69) is 6.92 Å². The van der Waals surface area contributed by atoms with Crippen LogP contribution in [0.25, 0.3) is 0 Å². The maximum absolute atomic E-state index is 12.1. The second kappa shape index (κ2) is 3.95. The van der Waals surface area contributed by atoms with Gasteiger partial charge in [0, 0.05) is 24.2 Å². The van der Waals surface area contributed by atoms with E-state index < -0.39 is 0 Å². The fourth-order valence-electron chi connectivity index (χ4n) is 2.43. The van der Waals surface area contributed by atoms with Gasteiger partial charge in [-0.25, -0.2) is 0 Å². The van der Waals surface area contributed by atoms with E-state index in [0.29, 0.717) is 0 Å². The topological polar surface area (TPSA) is 38.8 Å². The monoisotopic (exact) mass is 233 g/mol. The molecule has 1 aromatic carbocycles. The average Bonchev–Trinajstić information content (AvgIpc) is 2.94. The number of amides is 1. The molecule has 1 unspecified atom stereocenters. The van der Waals surface area contributed by atoms with E-state index in [4.69, 9.17) is 9.47 Å². The van der Waals surface area contributed by atoms with Gasteiger partial charge in [-0.1, -0.05) is 6.92 Å². The van der Waals surface area contributed by atoms with Gasteiger partial charge in [-0.05, 0) is 25.0 Å². The molecule has 17 heavy (non-hydrogen) atoms. The highest BCUT2D eigenvalue weighted by molar-refractivity contribution is 5.97. The lowest BCUT2D eigenvalue weighted by Crippen LogP contribution is -2.26. The smallest absolute Gasteiger partial charge is 0.231 e. The van der Waals surface area contributed by atoms with Crippen LogP contribution >= 0.6 is 0 Å². The SMILES string of the molecule is CCC1CCN(c2ccc3c(c2)OCO3)C1=O. The number of rotatable bonds is 2. The Morgan fingerprint density at radius 3 is 2.94 bits per heavy atom. The molecule has 0 N–H and O–H groups in total. The minimum absolute atomic E-state index is 0.181. The molecule has 0 saturated carbocycles. The molecule has 1 aromatic rings. The molecule has 0 spiro atoms. The van der Waals surface area contributed by atoms with Crippen molar-refractivity contribution in [3.8, 4) is 11.5 Å². The van der Waals surface area contributed by atoms with Gasteiger partial charge in [0.05, 0.1) is 0 Å². The summed E-state index contributed by atoms with van der Waals surface area (Å²) in [7, 11) is 0. The zero-order valence-electron chi connectivity index (χ0n) is 9.81. The number of nitrogens with zero attached hydrogens (tertiary/aromatic N) is 1. The number of fused-ring (bicyclic) bond motifs is 1. The van der Waals surface area contributed by atoms with Gasteiger partial charge in [0.2, 0.25) is 12.7 Å². The summed E-state index contributed by atoms with van der Waals surface area (Å²) in [6.45, 7) is 3.13. The summed E-state index contributed by atoms with van der Waals surface area (Å²) < 4.78 is 10.6. The third-order valence-corrected chi connectivity index (χ3v) is 3.48. The Kier molecular flexibility index (Phi) is 2.42. The first kappa shape index (κ1) is 10.4. The molecule has 4 nitrogen and oxygen atoms in total. The highest BCUT2D eigenvalue weighted by atomic mass is 16.7. The number of benzene rings is 1. The van der Waals surface area contributed by atoms with Crippen LogP contribution in [0.15, 0.2) is 18.2 Å². The third-order valence-electron chi connectivity index (χ3n) is 3.48. The lowest BCUT2D eigenvalue weighted by molar-refractivity contribution is -0.120. The van der Waals surface area contributed by atoms with Crippen molar-refractivity contribution in [2.24, 2.45) is 5.92 Å². The molecule has 0 aromatic heterocycles. The van der Waals surface area contributed by atoms with Crippen LogP contribution in [0.4, 0.5) is 5.69 Å². The molecule has 0 radical (unpaired) electrons. The van der Waals surface area contributed by atoms with Crippen LogP contribution in [0.5, 0.6) is 11.5 Å². The molecular weight excluding hydrogens is 218 g/mol. The Hall–Kier alpha value is -1.71. The Morgan fingerprint density at radius 1 is 1.35 bits per heavy atom. The van der Waals surface area contributed by atoms with Crippen LogP contribution in [-0.2, 0) is 4.79 Å². The van der Waals surface area contributed by atoms with Crippen LogP contribution in [0.1, 0.15) is 19.8 Å². The van der Waals surface area contributed by atoms with Gasteiger partial charge in [0.25, 0.3) is 0 Å². The molecule has 1 atom stereocenters. The third kappa shape index (κ3) is 1.64. The number of hydrogen-bond acceptors (Lipinski definition) is 3. The van der Waals surface area contributed by atoms with Crippen LogP contribution < -0.4 is 14.4 Å². The number of carbonyl (C=O) groups is 1. The second-order valence-electron chi connectivity index (χ2n) is 4.42. The van der Waals surface area contributed by atoms with E-state index in [1.54, 1.807) is 0 Å². The van der Waals surface area contributed by atoms with Crippen LogP contribution in [0, 0.1) is 5.92 Å². The van der Waals surface area contributed by atoms with E-state index in [-0.39, 0.29) is 18.6 Å². The largest absolute Gasteiger partial charge is 0.454 e. The maximum atomic E-state index is 12.1. The second-order valence-corrected chi connectivity index (χ2v) is 4.42. The van der Waals surface area contributed by atoms with Crippen molar-refractivity contribution in [1.29, 1.82) is 0 Å². The molecule has 2 aliphatic heterocycles. The van der Waals surface area contributed by atoms with Crippen molar-refractivity contribution in [3.63, 3.8) is 0 Å². The lowest BCUT2D eigenvalue weighted by Gasteiger charge is -2.16.